The highest BCUT2D eigenvalue weighted by atomic mass is 35.5. The standard InChI is InChI=1S/C17H18Cl3N3O5S/c1-7-13(6-26-8(2)24)28-17(16(27-9(3)25)15(7)22-23-21)29-10-4-11(18)14(20)12(19)5-10/h4-5,7,13,15-17H,6H2,1-3H3/t7-,13?,15?,16-,17+/m0/s1. The second-order valence-electron chi connectivity index (χ2n) is 6.29. The third-order valence-electron chi connectivity index (χ3n) is 4.19. The summed E-state index contributed by atoms with van der Waals surface area (Å²) in [6.07, 6.45) is -1.47. The highest BCUT2D eigenvalue weighted by Crippen LogP contribution is 2.41. The minimum atomic E-state index is -0.884. The van der Waals surface area contributed by atoms with Crippen LogP contribution in [0.4, 0.5) is 0 Å². The van der Waals surface area contributed by atoms with E-state index in [0.717, 1.165) is 0 Å². The summed E-state index contributed by atoms with van der Waals surface area (Å²) >= 11 is 19.3. The molecule has 5 atom stereocenters. The molecule has 1 aromatic rings. The second kappa shape index (κ2) is 10.6. The first kappa shape index (κ1) is 23.9. The predicted octanol–water partition coefficient (Wildman–Crippen LogP) is 5.27. The third kappa shape index (κ3) is 6.31. The van der Waals surface area contributed by atoms with Gasteiger partial charge in [-0.15, -0.1) is 0 Å². The van der Waals surface area contributed by atoms with Crippen LogP contribution in [0.5, 0.6) is 0 Å². The van der Waals surface area contributed by atoms with Crippen molar-refractivity contribution in [2.24, 2.45) is 11.0 Å². The number of halogens is 3. The van der Waals surface area contributed by atoms with Gasteiger partial charge in [-0.1, -0.05) is 58.6 Å². The third-order valence-corrected chi connectivity index (χ3v) is 6.50. The van der Waals surface area contributed by atoms with E-state index in [1.807, 2.05) is 0 Å². The van der Waals surface area contributed by atoms with Gasteiger partial charge in [0.1, 0.15) is 18.1 Å². The van der Waals surface area contributed by atoms with Crippen LogP contribution in [0.3, 0.4) is 0 Å². The Hall–Kier alpha value is -1.35. The zero-order valence-corrected chi connectivity index (χ0v) is 18.8. The lowest BCUT2D eigenvalue weighted by molar-refractivity contribution is -0.176. The van der Waals surface area contributed by atoms with Crippen molar-refractivity contribution < 1.29 is 23.8 Å². The maximum Gasteiger partial charge on any atom is 0.303 e. The fraction of sp³-hybridized carbons (Fsp3) is 0.529. The zero-order chi connectivity index (χ0) is 21.7. The Balaban J connectivity index is 2.38. The molecule has 0 saturated carbocycles. The average molecular weight is 483 g/mol. The molecule has 12 heteroatoms. The molecule has 0 aromatic heterocycles. The van der Waals surface area contributed by atoms with E-state index in [4.69, 9.17) is 54.5 Å². The summed E-state index contributed by atoms with van der Waals surface area (Å²) < 4.78 is 16.6. The van der Waals surface area contributed by atoms with Crippen molar-refractivity contribution in [2.45, 2.75) is 49.4 Å². The molecule has 1 saturated heterocycles. The first-order valence-corrected chi connectivity index (χ1v) is 10.5. The summed E-state index contributed by atoms with van der Waals surface area (Å²) in [7, 11) is 0. The number of hydrogen-bond acceptors (Lipinski definition) is 7. The van der Waals surface area contributed by atoms with E-state index in [0.29, 0.717) is 4.90 Å². The number of carbonyl (C=O) groups excluding carboxylic acids is 2. The first-order valence-electron chi connectivity index (χ1n) is 8.45. The van der Waals surface area contributed by atoms with Crippen molar-refractivity contribution in [3.8, 4) is 0 Å². The molecule has 0 radical (unpaired) electrons. The van der Waals surface area contributed by atoms with Crippen molar-refractivity contribution in [3.05, 3.63) is 37.6 Å². The molecule has 0 N–H and O–H groups in total. The second-order valence-corrected chi connectivity index (χ2v) is 8.66. The normalized spacial score (nSPS) is 26.3. The molecule has 2 rings (SSSR count). The molecule has 2 unspecified atom stereocenters. The Kier molecular flexibility index (Phi) is 8.75. The van der Waals surface area contributed by atoms with E-state index in [1.165, 1.54) is 25.6 Å². The van der Waals surface area contributed by atoms with Gasteiger partial charge in [0.2, 0.25) is 0 Å². The highest BCUT2D eigenvalue weighted by Gasteiger charge is 2.46. The Morgan fingerprint density at radius 3 is 2.38 bits per heavy atom. The highest BCUT2D eigenvalue weighted by molar-refractivity contribution is 7.99. The molecule has 0 amide bonds. The number of hydrogen-bond donors (Lipinski definition) is 0. The summed E-state index contributed by atoms with van der Waals surface area (Å²) in [6, 6.07) is 2.45. The van der Waals surface area contributed by atoms with Crippen LogP contribution in [0.1, 0.15) is 20.8 Å². The van der Waals surface area contributed by atoms with Crippen LogP contribution >= 0.6 is 46.6 Å². The van der Waals surface area contributed by atoms with Gasteiger partial charge < -0.3 is 14.2 Å². The fourth-order valence-electron chi connectivity index (χ4n) is 2.82. The number of thioether (sulfide) groups is 1. The number of ether oxygens (including phenoxy) is 3. The topological polar surface area (TPSA) is 111 Å². The first-order chi connectivity index (χ1) is 13.6. The summed E-state index contributed by atoms with van der Waals surface area (Å²) in [5.74, 6) is -1.41. The number of rotatable bonds is 6. The van der Waals surface area contributed by atoms with Crippen molar-refractivity contribution in [1.29, 1.82) is 0 Å². The smallest absolute Gasteiger partial charge is 0.303 e. The van der Waals surface area contributed by atoms with E-state index in [2.05, 4.69) is 10.0 Å². The number of azide groups is 1. The molecular weight excluding hydrogens is 465 g/mol. The van der Waals surface area contributed by atoms with Gasteiger partial charge in [-0.2, -0.15) is 0 Å². The van der Waals surface area contributed by atoms with Gasteiger partial charge >= 0.3 is 11.9 Å². The van der Waals surface area contributed by atoms with Crippen molar-refractivity contribution in [1.82, 2.24) is 0 Å². The van der Waals surface area contributed by atoms with Crippen LogP contribution in [-0.4, -0.2) is 42.2 Å². The van der Waals surface area contributed by atoms with Crippen LogP contribution in [0, 0.1) is 5.92 Å². The lowest BCUT2D eigenvalue weighted by Crippen LogP contribution is -2.54. The van der Waals surface area contributed by atoms with Crippen LogP contribution in [0.25, 0.3) is 10.4 Å². The SMILES string of the molecule is CC(=O)OCC1O[C@H](Sc2cc(Cl)c(Cl)c(Cl)c2)[C@@H](OC(C)=O)C(N=[N+]=[N-])[C@H]1C. The van der Waals surface area contributed by atoms with Gasteiger partial charge in [0.15, 0.2) is 0 Å². The molecule has 1 aliphatic heterocycles. The molecule has 8 nitrogen and oxygen atoms in total. The number of benzene rings is 1. The fourth-order valence-corrected chi connectivity index (χ4v) is 4.74. The number of nitrogens with zero attached hydrogens (tertiary/aromatic N) is 3. The van der Waals surface area contributed by atoms with Crippen molar-refractivity contribution in [2.75, 3.05) is 6.61 Å². The molecule has 0 spiro atoms. The molecule has 0 aliphatic carbocycles. The van der Waals surface area contributed by atoms with Crippen molar-refractivity contribution >= 4 is 58.5 Å². The molecular formula is C17H18Cl3N3O5S. The van der Waals surface area contributed by atoms with Gasteiger partial charge in [0.25, 0.3) is 0 Å². The molecule has 1 aliphatic rings. The molecule has 29 heavy (non-hydrogen) atoms. The van der Waals surface area contributed by atoms with Gasteiger partial charge in [-0.3, -0.25) is 9.59 Å². The largest absolute Gasteiger partial charge is 0.463 e. The Morgan fingerprint density at radius 2 is 1.86 bits per heavy atom. The Labute approximate surface area is 186 Å². The van der Waals surface area contributed by atoms with Gasteiger partial charge in [-0.25, -0.2) is 0 Å². The van der Waals surface area contributed by atoms with Crippen LogP contribution < -0.4 is 0 Å². The lowest BCUT2D eigenvalue weighted by Gasteiger charge is -2.43. The number of esters is 2. The molecule has 1 aromatic carbocycles. The monoisotopic (exact) mass is 481 g/mol. The average Bonchev–Trinajstić information content (AvgIpc) is 2.63. The molecule has 0 bridgehead atoms. The quantitative estimate of drug-likeness (QED) is 0.179. The van der Waals surface area contributed by atoms with E-state index in [1.54, 1.807) is 19.1 Å². The summed E-state index contributed by atoms with van der Waals surface area (Å²) in [5.41, 5.74) is 8.23. The van der Waals surface area contributed by atoms with Crippen LogP contribution in [-0.2, 0) is 23.8 Å². The maximum atomic E-state index is 11.7. The van der Waals surface area contributed by atoms with Gasteiger partial charge in [-0.05, 0) is 23.6 Å². The molecule has 1 fully saturated rings. The van der Waals surface area contributed by atoms with Gasteiger partial charge in [0, 0.05) is 23.7 Å². The number of carbonyl (C=O) groups is 2. The summed E-state index contributed by atoms with van der Waals surface area (Å²) in [6.45, 7) is 4.26. The van der Waals surface area contributed by atoms with Crippen molar-refractivity contribution in [3.63, 3.8) is 0 Å². The predicted molar refractivity (Wildman–Crippen MR) is 110 cm³/mol. The lowest BCUT2D eigenvalue weighted by atomic mass is 9.89. The van der Waals surface area contributed by atoms with Crippen LogP contribution in [0.15, 0.2) is 22.1 Å². The summed E-state index contributed by atoms with van der Waals surface area (Å²) in [4.78, 5) is 26.4. The van der Waals surface area contributed by atoms with E-state index in [-0.39, 0.29) is 27.6 Å². The Bertz CT molecular complexity index is 814. The molecule has 1 heterocycles. The minimum Gasteiger partial charge on any atom is -0.463 e. The molecule has 158 valence electrons. The minimum absolute atomic E-state index is 0.0417. The zero-order valence-electron chi connectivity index (χ0n) is 15.7. The van der Waals surface area contributed by atoms with E-state index in [9.17, 15) is 9.59 Å². The van der Waals surface area contributed by atoms with E-state index >= 15 is 0 Å². The Morgan fingerprint density at radius 1 is 1.24 bits per heavy atom. The van der Waals surface area contributed by atoms with Crippen LogP contribution in [0.2, 0.25) is 15.1 Å². The maximum absolute atomic E-state index is 11.7. The summed E-state index contributed by atoms with van der Waals surface area (Å²) in [5, 5.41) is 4.52. The van der Waals surface area contributed by atoms with Gasteiger partial charge in [0.05, 0.1) is 27.2 Å². The van der Waals surface area contributed by atoms with E-state index < -0.39 is 35.6 Å².